The van der Waals surface area contributed by atoms with Crippen molar-refractivity contribution in [3.8, 4) is 0 Å². The van der Waals surface area contributed by atoms with E-state index in [2.05, 4.69) is 36.1 Å². The summed E-state index contributed by atoms with van der Waals surface area (Å²) in [6.45, 7) is 8.62. The molecule has 1 N–H and O–H groups in total. The maximum absolute atomic E-state index is 3.61. The summed E-state index contributed by atoms with van der Waals surface area (Å²) in [6.07, 6.45) is 6.82. The van der Waals surface area contributed by atoms with Crippen LogP contribution in [0.25, 0.3) is 0 Å². The average Bonchev–Trinajstić information content (AvgIpc) is 2.40. The zero-order valence-corrected chi connectivity index (χ0v) is 12.5. The highest BCUT2D eigenvalue weighted by Crippen LogP contribution is 2.31. The Bertz CT molecular complexity index is 248. The van der Waals surface area contributed by atoms with Gasteiger partial charge < -0.3 is 15.1 Å². The Morgan fingerprint density at radius 3 is 2.83 bits per heavy atom. The molecule has 2 heterocycles. The van der Waals surface area contributed by atoms with Gasteiger partial charge in [-0.15, -0.1) is 0 Å². The fourth-order valence-corrected chi connectivity index (χ4v) is 3.74. The molecule has 0 amide bonds. The Labute approximate surface area is 113 Å². The van der Waals surface area contributed by atoms with Crippen LogP contribution in [-0.2, 0) is 0 Å². The van der Waals surface area contributed by atoms with Crippen LogP contribution < -0.4 is 5.32 Å². The van der Waals surface area contributed by atoms with Gasteiger partial charge in [-0.1, -0.05) is 6.92 Å². The molecule has 106 valence electrons. The first kappa shape index (κ1) is 14.3. The third-order valence-corrected chi connectivity index (χ3v) is 5.12. The lowest BCUT2D eigenvalue weighted by Gasteiger charge is -2.44. The molecule has 0 spiro atoms. The standard InChI is InChI=1S/C15H31N3/c1-4-15(8-6-9-16-12-15)13-18(3)14-7-5-10-17(2)11-14/h14,16H,4-13H2,1-3H3. The molecule has 2 fully saturated rings. The second-order valence-corrected chi connectivity index (χ2v) is 6.61. The van der Waals surface area contributed by atoms with E-state index in [4.69, 9.17) is 0 Å². The molecule has 0 aromatic rings. The molecule has 2 unspecified atom stereocenters. The first-order valence-corrected chi connectivity index (χ1v) is 7.75. The number of piperidine rings is 2. The maximum atomic E-state index is 3.61. The van der Waals surface area contributed by atoms with Crippen LogP contribution in [0.4, 0.5) is 0 Å². The summed E-state index contributed by atoms with van der Waals surface area (Å²) in [6, 6.07) is 0.772. The van der Waals surface area contributed by atoms with Crippen LogP contribution in [0.5, 0.6) is 0 Å². The highest BCUT2D eigenvalue weighted by atomic mass is 15.2. The lowest BCUT2D eigenvalue weighted by molar-refractivity contribution is 0.0690. The van der Waals surface area contributed by atoms with Gasteiger partial charge in [0.05, 0.1) is 0 Å². The van der Waals surface area contributed by atoms with Crippen molar-refractivity contribution in [2.75, 3.05) is 46.8 Å². The van der Waals surface area contributed by atoms with E-state index in [1.54, 1.807) is 0 Å². The van der Waals surface area contributed by atoms with Crippen molar-refractivity contribution >= 4 is 0 Å². The van der Waals surface area contributed by atoms with Crippen LogP contribution in [-0.4, -0.2) is 62.7 Å². The third-order valence-electron chi connectivity index (χ3n) is 5.12. The first-order chi connectivity index (χ1) is 8.65. The number of likely N-dealkylation sites (tertiary alicyclic amines) is 1. The van der Waals surface area contributed by atoms with E-state index in [0.717, 1.165) is 6.04 Å². The molecule has 0 bridgehead atoms. The number of hydrogen-bond acceptors (Lipinski definition) is 3. The zero-order chi connectivity index (χ0) is 13.0. The van der Waals surface area contributed by atoms with E-state index in [0.29, 0.717) is 5.41 Å². The van der Waals surface area contributed by atoms with Crippen LogP contribution in [0.15, 0.2) is 0 Å². The third kappa shape index (κ3) is 3.46. The molecule has 2 atom stereocenters. The van der Waals surface area contributed by atoms with Gasteiger partial charge in [0.1, 0.15) is 0 Å². The van der Waals surface area contributed by atoms with Crippen LogP contribution >= 0.6 is 0 Å². The molecule has 2 rings (SSSR count). The second-order valence-electron chi connectivity index (χ2n) is 6.61. The van der Waals surface area contributed by atoms with E-state index in [-0.39, 0.29) is 0 Å². The van der Waals surface area contributed by atoms with E-state index in [1.807, 2.05) is 0 Å². The van der Waals surface area contributed by atoms with Gasteiger partial charge in [-0.05, 0) is 64.7 Å². The number of nitrogens with zero attached hydrogens (tertiary/aromatic N) is 2. The van der Waals surface area contributed by atoms with Crippen molar-refractivity contribution in [1.29, 1.82) is 0 Å². The molecule has 2 aliphatic rings. The van der Waals surface area contributed by atoms with Crippen molar-refractivity contribution in [1.82, 2.24) is 15.1 Å². The molecule has 0 saturated carbocycles. The summed E-state index contributed by atoms with van der Waals surface area (Å²) in [5.74, 6) is 0. The fourth-order valence-electron chi connectivity index (χ4n) is 3.74. The quantitative estimate of drug-likeness (QED) is 0.824. The average molecular weight is 253 g/mol. The Kier molecular flexibility index (Phi) is 5.05. The van der Waals surface area contributed by atoms with Gasteiger partial charge in [0.15, 0.2) is 0 Å². The number of nitrogens with one attached hydrogen (secondary N) is 1. The first-order valence-electron chi connectivity index (χ1n) is 7.75. The van der Waals surface area contributed by atoms with Crippen molar-refractivity contribution in [3.05, 3.63) is 0 Å². The summed E-state index contributed by atoms with van der Waals surface area (Å²) >= 11 is 0. The number of rotatable bonds is 4. The Balaban J connectivity index is 1.89. The molecule has 0 aromatic heterocycles. The predicted octanol–water partition coefficient (Wildman–Crippen LogP) is 1.79. The molecular formula is C15H31N3. The fraction of sp³-hybridized carbons (Fsp3) is 1.00. The van der Waals surface area contributed by atoms with Gasteiger partial charge in [-0.2, -0.15) is 0 Å². The molecule has 0 radical (unpaired) electrons. The van der Waals surface area contributed by atoms with Crippen molar-refractivity contribution < 1.29 is 0 Å². The van der Waals surface area contributed by atoms with Gasteiger partial charge in [0.25, 0.3) is 0 Å². The predicted molar refractivity (Wildman–Crippen MR) is 78.0 cm³/mol. The molecule has 2 saturated heterocycles. The highest BCUT2D eigenvalue weighted by Gasteiger charge is 2.33. The minimum Gasteiger partial charge on any atom is -0.316 e. The topological polar surface area (TPSA) is 18.5 Å². The Morgan fingerprint density at radius 2 is 2.22 bits per heavy atom. The molecule has 0 aliphatic carbocycles. The van der Waals surface area contributed by atoms with E-state index < -0.39 is 0 Å². The van der Waals surface area contributed by atoms with Crippen LogP contribution in [0.2, 0.25) is 0 Å². The van der Waals surface area contributed by atoms with Gasteiger partial charge in [0.2, 0.25) is 0 Å². The van der Waals surface area contributed by atoms with Crippen molar-refractivity contribution in [2.24, 2.45) is 5.41 Å². The van der Waals surface area contributed by atoms with E-state index >= 15 is 0 Å². The van der Waals surface area contributed by atoms with Gasteiger partial charge in [-0.25, -0.2) is 0 Å². The van der Waals surface area contributed by atoms with Gasteiger partial charge >= 0.3 is 0 Å². The zero-order valence-electron chi connectivity index (χ0n) is 12.5. The lowest BCUT2D eigenvalue weighted by Crippen LogP contribution is -2.52. The summed E-state index contributed by atoms with van der Waals surface area (Å²) < 4.78 is 0. The van der Waals surface area contributed by atoms with Crippen molar-refractivity contribution in [2.45, 2.75) is 45.1 Å². The van der Waals surface area contributed by atoms with E-state index in [1.165, 1.54) is 64.8 Å². The Morgan fingerprint density at radius 1 is 1.39 bits per heavy atom. The summed E-state index contributed by atoms with van der Waals surface area (Å²) in [4.78, 5) is 5.13. The monoisotopic (exact) mass is 253 g/mol. The van der Waals surface area contributed by atoms with Crippen LogP contribution in [0.3, 0.4) is 0 Å². The molecule has 2 aliphatic heterocycles. The van der Waals surface area contributed by atoms with Crippen molar-refractivity contribution in [3.63, 3.8) is 0 Å². The maximum Gasteiger partial charge on any atom is 0.0220 e. The number of likely N-dealkylation sites (N-methyl/N-ethyl adjacent to an activating group) is 2. The van der Waals surface area contributed by atoms with Crippen LogP contribution in [0.1, 0.15) is 39.0 Å². The minimum absolute atomic E-state index is 0.531. The molecule has 3 heteroatoms. The van der Waals surface area contributed by atoms with Crippen LogP contribution in [0, 0.1) is 5.41 Å². The number of hydrogen-bond donors (Lipinski definition) is 1. The molecule has 0 aromatic carbocycles. The largest absolute Gasteiger partial charge is 0.316 e. The summed E-state index contributed by atoms with van der Waals surface area (Å²) in [5, 5.41) is 3.61. The second kappa shape index (κ2) is 6.36. The Hall–Kier alpha value is -0.120. The SMILES string of the molecule is CCC1(CN(C)C2CCCN(C)C2)CCCNC1. The molecular weight excluding hydrogens is 222 g/mol. The minimum atomic E-state index is 0.531. The smallest absolute Gasteiger partial charge is 0.0220 e. The normalized spacial score (nSPS) is 35.0. The molecule has 3 nitrogen and oxygen atoms in total. The lowest BCUT2D eigenvalue weighted by atomic mass is 9.77. The van der Waals surface area contributed by atoms with E-state index in [9.17, 15) is 0 Å². The van der Waals surface area contributed by atoms with Gasteiger partial charge in [0, 0.05) is 25.7 Å². The summed E-state index contributed by atoms with van der Waals surface area (Å²) in [7, 11) is 4.60. The van der Waals surface area contributed by atoms with Gasteiger partial charge in [-0.3, -0.25) is 0 Å². The summed E-state index contributed by atoms with van der Waals surface area (Å²) in [5.41, 5.74) is 0.531. The highest BCUT2D eigenvalue weighted by molar-refractivity contribution is 4.89. The molecule has 18 heavy (non-hydrogen) atoms.